The van der Waals surface area contributed by atoms with Crippen LogP contribution in [0.4, 0.5) is 5.69 Å². The number of carbonyl (C=O) groups excluding carboxylic acids is 1. The fraction of sp³-hybridized carbons (Fsp3) is 0.235. The molecule has 0 aliphatic carbocycles. The van der Waals surface area contributed by atoms with Crippen molar-refractivity contribution in [2.24, 2.45) is 0 Å². The highest BCUT2D eigenvalue weighted by molar-refractivity contribution is 7.92. The molecule has 0 radical (unpaired) electrons. The molecule has 0 unspecified atom stereocenters. The lowest BCUT2D eigenvalue weighted by Crippen LogP contribution is -2.25. The number of sulfonamides is 1. The third-order valence-electron chi connectivity index (χ3n) is 3.40. The number of aryl methyl sites for hydroxylation is 2. The van der Waals surface area contributed by atoms with E-state index in [0.717, 1.165) is 17.4 Å². The number of carbonyl (C=O) groups is 1. The smallest absolute Gasteiger partial charge is 0.253 e. The summed E-state index contributed by atoms with van der Waals surface area (Å²) in [5, 5.41) is 2.83. The van der Waals surface area contributed by atoms with E-state index < -0.39 is 10.0 Å². The summed E-state index contributed by atoms with van der Waals surface area (Å²) in [6.45, 7) is 4.40. The Morgan fingerprint density at radius 2 is 1.78 bits per heavy atom. The quantitative estimate of drug-likeness (QED) is 0.884. The topological polar surface area (TPSA) is 75.3 Å². The number of para-hydroxylation sites is 1. The summed E-state index contributed by atoms with van der Waals surface area (Å²) in [6.07, 6.45) is 1.05. The molecule has 6 heteroatoms. The average molecular weight is 332 g/mol. The van der Waals surface area contributed by atoms with Gasteiger partial charge in [0.15, 0.2) is 0 Å². The summed E-state index contributed by atoms with van der Waals surface area (Å²) in [7, 11) is -3.44. The summed E-state index contributed by atoms with van der Waals surface area (Å²) >= 11 is 0. The molecule has 122 valence electrons. The van der Waals surface area contributed by atoms with Crippen molar-refractivity contribution < 1.29 is 13.2 Å². The molecule has 0 aliphatic rings. The van der Waals surface area contributed by atoms with Gasteiger partial charge in [-0.25, -0.2) is 8.42 Å². The van der Waals surface area contributed by atoms with Crippen LogP contribution in [-0.4, -0.2) is 20.6 Å². The molecule has 5 nitrogen and oxygen atoms in total. The molecule has 0 bridgehead atoms. The van der Waals surface area contributed by atoms with Crippen LogP contribution in [0.25, 0.3) is 0 Å². The molecular weight excluding hydrogens is 312 g/mol. The van der Waals surface area contributed by atoms with Gasteiger partial charge in [0, 0.05) is 6.54 Å². The minimum absolute atomic E-state index is 0.271. The molecule has 0 atom stereocenters. The van der Waals surface area contributed by atoms with Gasteiger partial charge in [-0.15, -0.1) is 0 Å². The molecule has 23 heavy (non-hydrogen) atoms. The molecule has 2 aromatic carbocycles. The maximum absolute atomic E-state index is 12.4. The van der Waals surface area contributed by atoms with Crippen molar-refractivity contribution in [3.8, 4) is 0 Å². The van der Waals surface area contributed by atoms with Gasteiger partial charge in [-0.1, -0.05) is 35.9 Å². The number of hydrogen-bond donors (Lipinski definition) is 2. The van der Waals surface area contributed by atoms with Gasteiger partial charge in [-0.3, -0.25) is 9.52 Å². The van der Waals surface area contributed by atoms with Crippen molar-refractivity contribution in [3.05, 3.63) is 64.7 Å². The Bertz CT molecular complexity index is 829. The van der Waals surface area contributed by atoms with Gasteiger partial charge < -0.3 is 5.32 Å². The monoisotopic (exact) mass is 332 g/mol. The van der Waals surface area contributed by atoms with E-state index in [1.807, 2.05) is 26.0 Å². The van der Waals surface area contributed by atoms with Crippen LogP contribution < -0.4 is 10.0 Å². The molecule has 0 aliphatic heterocycles. The maximum atomic E-state index is 12.4. The summed E-state index contributed by atoms with van der Waals surface area (Å²) in [6, 6.07) is 12.5. The Hall–Kier alpha value is -2.34. The molecule has 2 rings (SSSR count). The minimum atomic E-state index is -3.44. The van der Waals surface area contributed by atoms with Gasteiger partial charge in [0.2, 0.25) is 10.0 Å². The second-order valence-corrected chi connectivity index (χ2v) is 7.28. The van der Waals surface area contributed by atoms with E-state index in [9.17, 15) is 13.2 Å². The fourth-order valence-electron chi connectivity index (χ4n) is 2.28. The van der Waals surface area contributed by atoms with Crippen molar-refractivity contribution in [2.75, 3.05) is 11.0 Å². The van der Waals surface area contributed by atoms with Gasteiger partial charge in [0.25, 0.3) is 5.91 Å². The zero-order valence-corrected chi connectivity index (χ0v) is 14.2. The summed E-state index contributed by atoms with van der Waals surface area (Å²) < 4.78 is 25.1. The lowest BCUT2D eigenvalue weighted by Gasteiger charge is -2.12. The normalized spacial score (nSPS) is 11.1. The Kier molecular flexibility index (Phi) is 5.05. The van der Waals surface area contributed by atoms with Crippen molar-refractivity contribution in [2.45, 2.75) is 20.4 Å². The third-order valence-corrected chi connectivity index (χ3v) is 4.00. The van der Waals surface area contributed by atoms with E-state index in [2.05, 4.69) is 16.1 Å². The van der Waals surface area contributed by atoms with Crippen LogP contribution in [0, 0.1) is 13.8 Å². The van der Waals surface area contributed by atoms with Crippen molar-refractivity contribution in [1.82, 2.24) is 5.32 Å². The van der Waals surface area contributed by atoms with E-state index in [1.54, 1.807) is 24.3 Å². The highest BCUT2D eigenvalue weighted by atomic mass is 32.2. The van der Waals surface area contributed by atoms with Crippen molar-refractivity contribution >= 4 is 21.6 Å². The zero-order valence-electron chi connectivity index (χ0n) is 13.4. The number of rotatable bonds is 5. The van der Waals surface area contributed by atoms with Crippen LogP contribution in [-0.2, 0) is 16.6 Å². The SMILES string of the molecule is Cc1ccc(CNC(=O)c2ccccc2NS(C)(=O)=O)c(C)c1. The van der Waals surface area contributed by atoms with Gasteiger partial charge >= 0.3 is 0 Å². The predicted molar refractivity (Wildman–Crippen MR) is 92.0 cm³/mol. The van der Waals surface area contributed by atoms with Crippen LogP contribution in [0.2, 0.25) is 0 Å². The maximum Gasteiger partial charge on any atom is 0.253 e. The van der Waals surface area contributed by atoms with Crippen molar-refractivity contribution in [1.29, 1.82) is 0 Å². The van der Waals surface area contributed by atoms with E-state index in [0.29, 0.717) is 12.1 Å². The standard InChI is InChI=1S/C17H20N2O3S/c1-12-8-9-14(13(2)10-12)11-18-17(20)15-6-4-5-7-16(15)19-23(3,21)22/h4-10,19H,11H2,1-3H3,(H,18,20). The molecule has 0 saturated carbocycles. The van der Waals surface area contributed by atoms with E-state index in [4.69, 9.17) is 0 Å². The number of anilines is 1. The van der Waals surface area contributed by atoms with E-state index in [-0.39, 0.29) is 11.6 Å². The second-order valence-electron chi connectivity index (χ2n) is 5.53. The average Bonchev–Trinajstić information content (AvgIpc) is 2.45. The molecule has 0 aromatic heterocycles. The number of nitrogens with one attached hydrogen (secondary N) is 2. The Morgan fingerprint density at radius 3 is 2.43 bits per heavy atom. The first kappa shape index (κ1) is 17.0. The number of hydrogen-bond acceptors (Lipinski definition) is 3. The third kappa shape index (κ3) is 4.82. The minimum Gasteiger partial charge on any atom is -0.348 e. The van der Waals surface area contributed by atoms with Crippen LogP contribution in [0.15, 0.2) is 42.5 Å². The molecule has 2 aromatic rings. The lowest BCUT2D eigenvalue weighted by atomic mass is 10.1. The fourth-order valence-corrected chi connectivity index (χ4v) is 2.86. The Labute approximate surface area is 136 Å². The van der Waals surface area contributed by atoms with Gasteiger partial charge in [0.1, 0.15) is 0 Å². The first-order chi connectivity index (χ1) is 10.8. The summed E-state index contributed by atoms with van der Waals surface area (Å²) in [5.74, 6) is -0.322. The zero-order chi connectivity index (χ0) is 17.0. The lowest BCUT2D eigenvalue weighted by molar-refractivity contribution is 0.0952. The molecule has 0 heterocycles. The second kappa shape index (κ2) is 6.83. The highest BCUT2D eigenvalue weighted by Gasteiger charge is 2.13. The number of amides is 1. The predicted octanol–water partition coefficient (Wildman–Crippen LogP) is 2.60. The largest absolute Gasteiger partial charge is 0.348 e. The molecular formula is C17H20N2O3S. The Balaban J connectivity index is 2.15. The first-order valence-corrected chi connectivity index (χ1v) is 9.06. The molecule has 0 fully saturated rings. The molecule has 0 saturated heterocycles. The van der Waals surface area contributed by atoms with Crippen LogP contribution >= 0.6 is 0 Å². The Morgan fingerprint density at radius 1 is 1.09 bits per heavy atom. The van der Waals surface area contributed by atoms with Crippen LogP contribution in [0.5, 0.6) is 0 Å². The number of benzene rings is 2. The van der Waals surface area contributed by atoms with Gasteiger partial charge in [-0.2, -0.15) is 0 Å². The molecule has 0 spiro atoms. The van der Waals surface area contributed by atoms with Crippen LogP contribution in [0.1, 0.15) is 27.0 Å². The van der Waals surface area contributed by atoms with E-state index >= 15 is 0 Å². The molecule has 2 N–H and O–H groups in total. The highest BCUT2D eigenvalue weighted by Crippen LogP contribution is 2.17. The summed E-state index contributed by atoms with van der Waals surface area (Å²) in [5.41, 5.74) is 3.86. The first-order valence-electron chi connectivity index (χ1n) is 7.17. The van der Waals surface area contributed by atoms with Crippen LogP contribution in [0.3, 0.4) is 0 Å². The van der Waals surface area contributed by atoms with Crippen molar-refractivity contribution in [3.63, 3.8) is 0 Å². The van der Waals surface area contributed by atoms with Gasteiger partial charge in [0.05, 0.1) is 17.5 Å². The van der Waals surface area contributed by atoms with E-state index in [1.165, 1.54) is 5.56 Å². The summed E-state index contributed by atoms with van der Waals surface area (Å²) in [4.78, 5) is 12.4. The molecule has 1 amide bonds. The van der Waals surface area contributed by atoms with Gasteiger partial charge in [-0.05, 0) is 37.1 Å².